The summed E-state index contributed by atoms with van der Waals surface area (Å²) in [4.78, 5) is 24.6. The first-order valence-electron chi connectivity index (χ1n) is 9.06. The summed E-state index contributed by atoms with van der Waals surface area (Å²) in [5.74, 6) is -0.198. The number of amides is 2. The minimum atomic E-state index is -0.413. The standard InChI is InChI=1S/C23H22N2O3/c1-16(2)28-21-10-6-9-20(15-21)23(27)25-24-22(26)19-13-11-18(12-14-19)17-7-4-3-5-8-17/h3-16H,1-2H3,(H,24,26)(H,25,27). The lowest BCUT2D eigenvalue weighted by Crippen LogP contribution is -2.41. The fourth-order valence-electron chi connectivity index (χ4n) is 2.69. The molecule has 5 nitrogen and oxygen atoms in total. The highest BCUT2D eigenvalue weighted by Gasteiger charge is 2.10. The maximum Gasteiger partial charge on any atom is 0.269 e. The van der Waals surface area contributed by atoms with Crippen molar-refractivity contribution < 1.29 is 14.3 Å². The van der Waals surface area contributed by atoms with E-state index in [1.165, 1.54) is 0 Å². The van der Waals surface area contributed by atoms with Crippen LogP contribution in [0, 0.1) is 0 Å². The third kappa shape index (κ3) is 4.98. The van der Waals surface area contributed by atoms with E-state index in [9.17, 15) is 9.59 Å². The number of carbonyl (C=O) groups excluding carboxylic acids is 2. The topological polar surface area (TPSA) is 67.4 Å². The molecule has 5 heteroatoms. The summed E-state index contributed by atoms with van der Waals surface area (Å²) in [6.45, 7) is 3.83. The van der Waals surface area contributed by atoms with Crippen molar-refractivity contribution in [3.8, 4) is 16.9 Å². The number of ether oxygens (including phenoxy) is 1. The van der Waals surface area contributed by atoms with Gasteiger partial charge in [0, 0.05) is 11.1 Å². The normalized spacial score (nSPS) is 10.4. The molecule has 28 heavy (non-hydrogen) atoms. The van der Waals surface area contributed by atoms with Crippen LogP contribution in [0.2, 0.25) is 0 Å². The van der Waals surface area contributed by atoms with Gasteiger partial charge in [0.15, 0.2) is 0 Å². The van der Waals surface area contributed by atoms with Crippen LogP contribution >= 0.6 is 0 Å². The van der Waals surface area contributed by atoms with E-state index in [1.54, 1.807) is 36.4 Å². The lowest BCUT2D eigenvalue weighted by molar-refractivity contribution is 0.0846. The molecule has 0 spiro atoms. The van der Waals surface area contributed by atoms with Gasteiger partial charge in [0.1, 0.15) is 5.75 Å². The second-order valence-electron chi connectivity index (χ2n) is 6.55. The van der Waals surface area contributed by atoms with Gasteiger partial charge in [0.2, 0.25) is 0 Å². The highest BCUT2D eigenvalue weighted by atomic mass is 16.5. The summed E-state index contributed by atoms with van der Waals surface area (Å²) in [5.41, 5.74) is 7.82. The Bertz CT molecular complexity index is 951. The van der Waals surface area contributed by atoms with Gasteiger partial charge in [-0.3, -0.25) is 20.4 Å². The minimum absolute atomic E-state index is 0.0110. The summed E-state index contributed by atoms with van der Waals surface area (Å²) >= 11 is 0. The highest BCUT2D eigenvalue weighted by molar-refractivity contribution is 5.99. The van der Waals surface area contributed by atoms with Crippen LogP contribution in [0.3, 0.4) is 0 Å². The molecule has 2 amide bonds. The van der Waals surface area contributed by atoms with Crippen LogP contribution in [-0.2, 0) is 0 Å². The predicted octanol–water partition coefficient (Wildman–Crippen LogP) is 4.22. The van der Waals surface area contributed by atoms with Crippen molar-refractivity contribution in [3.05, 3.63) is 90.0 Å². The van der Waals surface area contributed by atoms with Crippen molar-refractivity contribution >= 4 is 11.8 Å². The average Bonchev–Trinajstić information content (AvgIpc) is 2.72. The average molecular weight is 374 g/mol. The van der Waals surface area contributed by atoms with Crippen LogP contribution in [0.5, 0.6) is 5.75 Å². The summed E-state index contributed by atoms with van der Waals surface area (Å²) < 4.78 is 5.58. The van der Waals surface area contributed by atoms with E-state index in [0.717, 1.165) is 11.1 Å². The Kier molecular flexibility index (Phi) is 6.07. The molecule has 0 aromatic heterocycles. The molecule has 0 bridgehead atoms. The Balaban J connectivity index is 1.60. The van der Waals surface area contributed by atoms with Crippen LogP contribution in [0.4, 0.5) is 0 Å². The first-order valence-corrected chi connectivity index (χ1v) is 9.06. The molecule has 0 saturated heterocycles. The van der Waals surface area contributed by atoms with E-state index in [-0.39, 0.29) is 12.0 Å². The van der Waals surface area contributed by atoms with Crippen LogP contribution in [0.25, 0.3) is 11.1 Å². The second kappa shape index (κ2) is 8.86. The Morgan fingerprint density at radius 1 is 0.714 bits per heavy atom. The molecule has 0 unspecified atom stereocenters. The van der Waals surface area contributed by atoms with E-state index in [2.05, 4.69) is 10.9 Å². The third-order valence-electron chi connectivity index (χ3n) is 4.01. The summed E-state index contributed by atoms with van der Waals surface area (Å²) in [5, 5.41) is 0. The van der Waals surface area contributed by atoms with Gasteiger partial charge in [0.05, 0.1) is 6.10 Å². The molecule has 3 aromatic rings. The minimum Gasteiger partial charge on any atom is -0.491 e. The monoisotopic (exact) mass is 374 g/mol. The van der Waals surface area contributed by atoms with Crippen LogP contribution in [-0.4, -0.2) is 17.9 Å². The molecule has 0 aliphatic heterocycles. The first-order chi connectivity index (χ1) is 13.5. The van der Waals surface area contributed by atoms with Gasteiger partial charge in [-0.2, -0.15) is 0 Å². The quantitative estimate of drug-likeness (QED) is 0.657. The number of hydrogen-bond donors (Lipinski definition) is 2. The van der Waals surface area contributed by atoms with Gasteiger partial charge in [-0.1, -0.05) is 48.5 Å². The van der Waals surface area contributed by atoms with E-state index in [1.807, 2.05) is 56.3 Å². The number of hydrogen-bond acceptors (Lipinski definition) is 3. The van der Waals surface area contributed by atoms with Gasteiger partial charge in [-0.15, -0.1) is 0 Å². The van der Waals surface area contributed by atoms with Gasteiger partial charge >= 0.3 is 0 Å². The zero-order chi connectivity index (χ0) is 19.9. The molecule has 0 fully saturated rings. The Morgan fingerprint density at radius 2 is 1.32 bits per heavy atom. The Hall–Kier alpha value is -3.60. The van der Waals surface area contributed by atoms with Crippen molar-refractivity contribution in [3.63, 3.8) is 0 Å². The van der Waals surface area contributed by atoms with Crippen molar-refractivity contribution in [1.82, 2.24) is 10.9 Å². The van der Waals surface area contributed by atoms with Crippen LogP contribution in [0.1, 0.15) is 34.6 Å². The largest absolute Gasteiger partial charge is 0.491 e. The van der Waals surface area contributed by atoms with E-state index < -0.39 is 5.91 Å². The molecule has 0 radical (unpaired) electrons. The zero-order valence-electron chi connectivity index (χ0n) is 15.8. The summed E-state index contributed by atoms with van der Waals surface area (Å²) in [6.07, 6.45) is 0.0110. The van der Waals surface area contributed by atoms with E-state index in [4.69, 9.17) is 4.74 Å². The number of carbonyl (C=O) groups is 2. The molecule has 3 aromatic carbocycles. The van der Waals surface area contributed by atoms with Crippen molar-refractivity contribution in [2.75, 3.05) is 0 Å². The molecule has 0 heterocycles. The summed E-state index contributed by atoms with van der Waals surface area (Å²) in [7, 11) is 0. The fourth-order valence-corrected chi connectivity index (χ4v) is 2.69. The van der Waals surface area contributed by atoms with Crippen LogP contribution in [0.15, 0.2) is 78.9 Å². The van der Waals surface area contributed by atoms with Crippen molar-refractivity contribution in [1.29, 1.82) is 0 Å². The molecule has 0 saturated carbocycles. The number of hydrazine groups is 1. The lowest BCUT2D eigenvalue weighted by atomic mass is 10.0. The highest BCUT2D eigenvalue weighted by Crippen LogP contribution is 2.19. The van der Waals surface area contributed by atoms with E-state index >= 15 is 0 Å². The summed E-state index contributed by atoms with van der Waals surface area (Å²) in [6, 6.07) is 23.9. The van der Waals surface area contributed by atoms with Gasteiger partial charge < -0.3 is 4.74 Å². The van der Waals surface area contributed by atoms with Gasteiger partial charge in [0.25, 0.3) is 11.8 Å². The smallest absolute Gasteiger partial charge is 0.269 e. The molecule has 0 atom stereocenters. The Morgan fingerprint density at radius 3 is 1.96 bits per heavy atom. The third-order valence-corrected chi connectivity index (χ3v) is 4.01. The van der Waals surface area contributed by atoms with Gasteiger partial charge in [-0.05, 0) is 55.3 Å². The Labute approximate surface area is 164 Å². The van der Waals surface area contributed by atoms with Crippen molar-refractivity contribution in [2.45, 2.75) is 20.0 Å². The maximum atomic E-state index is 12.3. The SMILES string of the molecule is CC(C)Oc1cccc(C(=O)NNC(=O)c2ccc(-c3ccccc3)cc2)c1. The molecule has 142 valence electrons. The zero-order valence-corrected chi connectivity index (χ0v) is 15.8. The number of rotatable bonds is 5. The number of nitrogens with one attached hydrogen (secondary N) is 2. The first kappa shape index (κ1) is 19.2. The second-order valence-corrected chi connectivity index (χ2v) is 6.55. The molecule has 2 N–H and O–H groups in total. The van der Waals surface area contributed by atoms with E-state index in [0.29, 0.717) is 16.9 Å². The molecular formula is C23H22N2O3. The van der Waals surface area contributed by atoms with Crippen molar-refractivity contribution in [2.24, 2.45) is 0 Å². The van der Waals surface area contributed by atoms with Crippen LogP contribution < -0.4 is 15.6 Å². The lowest BCUT2D eigenvalue weighted by Gasteiger charge is -2.11. The fraction of sp³-hybridized carbons (Fsp3) is 0.130. The van der Waals surface area contributed by atoms with Gasteiger partial charge in [-0.25, -0.2) is 0 Å². The predicted molar refractivity (Wildman–Crippen MR) is 109 cm³/mol. The molecule has 0 aliphatic carbocycles. The number of benzene rings is 3. The maximum absolute atomic E-state index is 12.3. The molecule has 0 aliphatic rings. The molecule has 3 rings (SSSR count). The molecular weight excluding hydrogens is 352 g/mol.